The van der Waals surface area contributed by atoms with Crippen molar-refractivity contribution in [1.29, 1.82) is 0 Å². The maximum atomic E-state index is 11.0. The Balaban J connectivity index is 1.62. The molecule has 2 N–H and O–H groups in total. The molecule has 3 rings (SSSR count). The standard InChI is InChI=1S/C15H19N5O/c1-11(21)17-13-7-5-12(6-8-13)16-10-15-19-18-14-4-2-3-9-20(14)15/h5-8,16H,2-4,9-10H2,1H3,(H,17,21). The Labute approximate surface area is 123 Å². The van der Waals surface area contributed by atoms with Crippen molar-refractivity contribution in [1.82, 2.24) is 14.8 Å². The maximum Gasteiger partial charge on any atom is 0.221 e. The van der Waals surface area contributed by atoms with Gasteiger partial charge in [-0.3, -0.25) is 4.79 Å². The summed E-state index contributed by atoms with van der Waals surface area (Å²) >= 11 is 0. The number of aryl methyl sites for hydroxylation is 1. The zero-order valence-corrected chi connectivity index (χ0v) is 12.1. The van der Waals surface area contributed by atoms with Crippen LogP contribution >= 0.6 is 0 Å². The van der Waals surface area contributed by atoms with E-state index in [1.165, 1.54) is 19.8 Å². The number of rotatable bonds is 4. The van der Waals surface area contributed by atoms with E-state index in [-0.39, 0.29) is 5.91 Å². The van der Waals surface area contributed by atoms with Gasteiger partial charge in [0.25, 0.3) is 0 Å². The first kappa shape index (κ1) is 13.6. The van der Waals surface area contributed by atoms with Crippen LogP contribution < -0.4 is 10.6 Å². The lowest BCUT2D eigenvalue weighted by atomic mass is 10.2. The first-order valence-corrected chi connectivity index (χ1v) is 7.25. The predicted octanol–water partition coefficient (Wildman–Crippen LogP) is 2.18. The lowest BCUT2D eigenvalue weighted by Gasteiger charge is -2.15. The molecule has 0 unspecified atom stereocenters. The average Bonchev–Trinajstić information content (AvgIpc) is 2.89. The summed E-state index contributed by atoms with van der Waals surface area (Å²) in [6.45, 7) is 3.17. The molecule has 21 heavy (non-hydrogen) atoms. The molecule has 0 atom stereocenters. The zero-order chi connectivity index (χ0) is 14.7. The summed E-state index contributed by atoms with van der Waals surface area (Å²) in [5, 5.41) is 14.6. The van der Waals surface area contributed by atoms with Crippen molar-refractivity contribution in [2.45, 2.75) is 39.3 Å². The van der Waals surface area contributed by atoms with E-state index in [1.54, 1.807) is 0 Å². The Morgan fingerprint density at radius 2 is 1.95 bits per heavy atom. The van der Waals surface area contributed by atoms with Crippen molar-refractivity contribution < 1.29 is 4.79 Å². The van der Waals surface area contributed by atoms with Crippen LogP contribution in [0.2, 0.25) is 0 Å². The van der Waals surface area contributed by atoms with Gasteiger partial charge in [0, 0.05) is 31.3 Å². The number of benzene rings is 1. The van der Waals surface area contributed by atoms with Crippen molar-refractivity contribution in [3.05, 3.63) is 35.9 Å². The summed E-state index contributed by atoms with van der Waals surface area (Å²) in [5.41, 5.74) is 1.80. The minimum atomic E-state index is -0.0641. The van der Waals surface area contributed by atoms with Crippen LogP contribution in [0.3, 0.4) is 0 Å². The molecule has 1 aromatic heterocycles. The number of hydrogen-bond donors (Lipinski definition) is 2. The van der Waals surface area contributed by atoms with E-state index in [2.05, 4.69) is 25.4 Å². The first-order chi connectivity index (χ1) is 10.2. The van der Waals surface area contributed by atoms with Crippen LogP contribution in [0, 0.1) is 0 Å². The molecule has 0 fully saturated rings. The van der Waals surface area contributed by atoms with E-state index in [4.69, 9.17) is 0 Å². The van der Waals surface area contributed by atoms with Crippen LogP contribution in [0.4, 0.5) is 11.4 Å². The molecule has 0 radical (unpaired) electrons. The molecule has 0 saturated carbocycles. The Kier molecular flexibility index (Phi) is 3.85. The minimum Gasteiger partial charge on any atom is -0.378 e. The van der Waals surface area contributed by atoms with Crippen molar-refractivity contribution in [2.75, 3.05) is 10.6 Å². The molecule has 1 aromatic carbocycles. The summed E-state index contributed by atoms with van der Waals surface area (Å²) in [6, 6.07) is 7.64. The highest BCUT2D eigenvalue weighted by atomic mass is 16.1. The number of fused-ring (bicyclic) bond motifs is 1. The van der Waals surface area contributed by atoms with Gasteiger partial charge in [-0.05, 0) is 37.1 Å². The van der Waals surface area contributed by atoms with Gasteiger partial charge in [-0.25, -0.2) is 0 Å². The average molecular weight is 285 g/mol. The summed E-state index contributed by atoms with van der Waals surface area (Å²) < 4.78 is 2.21. The van der Waals surface area contributed by atoms with Crippen molar-refractivity contribution >= 4 is 17.3 Å². The molecular formula is C15H19N5O. The SMILES string of the molecule is CC(=O)Nc1ccc(NCc2nnc3n2CCCC3)cc1. The summed E-state index contributed by atoms with van der Waals surface area (Å²) in [7, 11) is 0. The molecule has 6 nitrogen and oxygen atoms in total. The number of nitrogens with zero attached hydrogens (tertiary/aromatic N) is 3. The molecule has 1 aliphatic heterocycles. The molecule has 2 aromatic rings. The van der Waals surface area contributed by atoms with E-state index < -0.39 is 0 Å². The first-order valence-electron chi connectivity index (χ1n) is 7.25. The zero-order valence-electron chi connectivity index (χ0n) is 12.1. The number of nitrogens with one attached hydrogen (secondary N) is 2. The Morgan fingerprint density at radius 3 is 2.71 bits per heavy atom. The largest absolute Gasteiger partial charge is 0.378 e. The topological polar surface area (TPSA) is 71.8 Å². The molecule has 0 aliphatic carbocycles. The van der Waals surface area contributed by atoms with Gasteiger partial charge in [-0.15, -0.1) is 10.2 Å². The van der Waals surface area contributed by atoms with Gasteiger partial charge >= 0.3 is 0 Å². The molecule has 6 heteroatoms. The maximum absolute atomic E-state index is 11.0. The molecule has 2 heterocycles. The third-order valence-electron chi connectivity index (χ3n) is 3.59. The Bertz CT molecular complexity index is 632. The minimum absolute atomic E-state index is 0.0641. The number of carbonyl (C=O) groups is 1. The van der Waals surface area contributed by atoms with Gasteiger partial charge in [0.1, 0.15) is 5.82 Å². The molecule has 0 bridgehead atoms. The van der Waals surface area contributed by atoms with Gasteiger partial charge in [0.15, 0.2) is 5.82 Å². The van der Waals surface area contributed by atoms with Crippen LogP contribution in [0.25, 0.3) is 0 Å². The number of aromatic nitrogens is 3. The lowest BCUT2D eigenvalue weighted by Crippen LogP contribution is -2.15. The molecule has 1 amide bonds. The lowest BCUT2D eigenvalue weighted by molar-refractivity contribution is -0.114. The van der Waals surface area contributed by atoms with Crippen LogP contribution in [0.15, 0.2) is 24.3 Å². The van der Waals surface area contributed by atoms with Crippen LogP contribution in [-0.4, -0.2) is 20.7 Å². The Hall–Kier alpha value is -2.37. The van der Waals surface area contributed by atoms with E-state index in [0.717, 1.165) is 36.0 Å². The smallest absolute Gasteiger partial charge is 0.221 e. The fraction of sp³-hybridized carbons (Fsp3) is 0.400. The second-order valence-corrected chi connectivity index (χ2v) is 5.25. The monoisotopic (exact) mass is 285 g/mol. The van der Waals surface area contributed by atoms with E-state index in [9.17, 15) is 4.79 Å². The Morgan fingerprint density at radius 1 is 1.19 bits per heavy atom. The summed E-state index contributed by atoms with van der Waals surface area (Å²) in [4.78, 5) is 11.0. The van der Waals surface area contributed by atoms with Gasteiger partial charge in [-0.1, -0.05) is 0 Å². The van der Waals surface area contributed by atoms with Gasteiger partial charge < -0.3 is 15.2 Å². The van der Waals surface area contributed by atoms with Crippen LogP contribution in [-0.2, 0) is 24.3 Å². The second-order valence-electron chi connectivity index (χ2n) is 5.25. The van der Waals surface area contributed by atoms with Crippen molar-refractivity contribution in [2.24, 2.45) is 0 Å². The fourth-order valence-electron chi connectivity index (χ4n) is 2.56. The van der Waals surface area contributed by atoms with Crippen molar-refractivity contribution in [3.63, 3.8) is 0 Å². The fourth-order valence-corrected chi connectivity index (χ4v) is 2.56. The number of carbonyl (C=O) groups excluding carboxylic acids is 1. The van der Waals surface area contributed by atoms with E-state index >= 15 is 0 Å². The number of amides is 1. The van der Waals surface area contributed by atoms with Gasteiger partial charge in [0.05, 0.1) is 6.54 Å². The molecule has 110 valence electrons. The van der Waals surface area contributed by atoms with Crippen LogP contribution in [0.5, 0.6) is 0 Å². The summed E-state index contributed by atoms with van der Waals surface area (Å²) in [5.74, 6) is 2.01. The number of anilines is 2. The third kappa shape index (κ3) is 3.21. The van der Waals surface area contributed by atoms with E-state index in [0.29, 0.717) is 6.54 Å². The number of hydrogen-bond acceptors (Lipinski definition) is 4. The highest BCUT2D eigenvalue weighted by Crippen LogP contribution is 2.17. The predicted molar refractivity (Wildman–Crippen MR) is 81.0 cm³/mol. The molecular weight excluding hydrogens is 266 g/mol. The molecule has 1 aliphatic rings. The molecule has 0 saturated heterocycles. The van der Waals surface area contributed by atoms with Gasteiger partial charge in [0.2, 0.25) is 5.91 Å². The molecule has 0 spiro atoms. The second kappa shape index (κ2) is 5.95. The highest BCUT2D eigenvalue weighted by molar-refractivity contribution is 5.88. The quantitative estimate of drug-likeness (QED) is 0.903. The van der Waals surface area contributed by atoms with Gasteiger partial charge in [-0.2, -0.15) is 0 Å². The van der Waals surface area contributed by atoms with E-state index in [1.807, 2.05) is 24.3 Å². The highest BCUT2D eigenvalue weighted by Gasteiger charge is 2.15. The summed E-state index contributed by atoms with van der Waals surface area (Å²) in [6.07, 6.45) is 3.43. The normalized spacial score (nSPS) is 13.6. The third-order valence-corrected chi connectivity index (χ3v) is 3.59. The van der Waals surface area contributed by atoms with Crippen LogP contribution in [0.1, 0.15) is 31.4 Å². The van der Waals surface area contributed by atoms with Crippen molar-refractivity contribution in [3.8, 4) is 0 Å².